The van der Waals surface area contributed by atoms with Crippen LogP contribution in [0.3, 0.4) is 0 Å². The topological polar surface area (TPSA) is 172 Å². The molecule has 34 heavy (non-hydrogen) atoms. The van der Waals surface area contributed by atoms with E-state index in [4.69, 9.17) is 14.5 Å². The van der Waals surface area contributed by atoms with Gasteiger partial charge in [-0.3, -0.25) is 9.09 Å². The number of phosphoric acid groups is 1. The molecular formula is C16H23F3N5O7PS2. The Morgan fingerprint density at radius 2 is 2.00 bits per heavy atom. The average Bonchev–Trinajstić information content (AvgIpc) is 3.27. The third-order valence-corrected chi connectivity index (χ3v) is 6.58. The van der Waals surface area contributed by atoms with Crippen molar-refractivity contribution in [3.63, 3.8) is 0 Å². The van der Waals surface area contributed by atoms with Crippen LogP contribution in [0.25, 0.3) is 11.2 Å². The van der Waals surface area contributed by atoms with Crippen molar-refractivity contribution in [2.45, 2.75) is 42.3 Å². The van der Waals surface area contributed by atoms with Crippen LogP contribution in [-0.4, -0.2) is 94.9 Å². The van der Waals surface area contributed by atoms with Gasteiger partial charge in [0, 0.05) is 18.1 Å². The van der Waals surface area contributed by atoms with E-state index in [1.54, 1.807) is 11.8 Å². The van der Waals surface area contributed by atoms with E-state index >= 15 is 0 Å². The van der Waals surface area contributed by atoms with Crippen LogP contribution in [0.5, 0.6) is 0 Å². The molecule has 4 atom stereocenters. The number of phosphoric ester groups is 1. The van der Waals surface area contributed by atoms with Crippen molar-refractivity contribution in [1.82, 2.24) is 19.5 Å². The molecule has 1 fully saturated rings. The van der Waals surface area contributed by atoms with Gasteiger partial charge in [-0.25, -0.2) is 19.5 Å². The number of nitrogens with zero attached hydrogens (tertiary/aromatic N) is 4. The van der Waals surface area contributed by atoms with E-state index in [9.17, 15) is 27.9 Å². The van der Waals surface area contributed by atoms with Gasteiger partial charge in [0.05, 0.1) is 19.4 Å². The zero-order valence-electron chi connectivity index (χ0n) is 17.6. The van der Waals surface area contributed by atoms with E-state index in [-0.39, 0.29) is 27.9 Å². The highest BCUT2D eigenvalue weighted by molar-refractivity contribution is 7.99. The fourth-order valence-corrected chi connectivity index (χ4v) is 4.54. The molecule has 5 N–H and O–H groups in total. The van der Waals surface area contributed by atoms with Crippen LogP contribution in [0.15, 0.2) is 11.5 Å². The Balaban J connectivity index is 1.89. The van der Waals surface area contributed by atoms with Crippen LogP contribution >= 0.6 is 31.3 Å². The van der Waals surface area contributed by atoms with E-state index in [0.29, 0.717) is 6.54 Å². The minimum Gasteiger partial charge on any atom is -0.387 e. The lowest BCUT2D eigenvalue weighted by atomic mass is 10.1. The average molecular weight is 549 g/mol. The van der Waals surface area contributed by atoms with Gasteiger partial charge in [0.15, 0.2) is 28.4 Å². The Kier molecular flexibility index (Phi) is 9.08. The highest BCUT2D eigenvalue weighted by Gasteiger charge is 2.45. The van der Waals surface area contributed by atoms with Crippen molar-refractivity contribution < 1.29 is 47.0 Å². The number of anilines is 1. The normalized spacial score (nSPS) is 23.6. The molecule has 0 aromatic carbocycles. The third-order valence-electron chi connectivity index (χ3n) is 4.63. The first-order chi connectivity index (χ1) is 15.9. The number of hydrogen-bond donors (Lipinski definition) is 5. The Hall–Kier alpha value is -1.17. The van der Waals surface area contributed by atoms with Crippen molar-refractivity contribution in [2.24, 2.45) is 0 Å². The quantitative estimate of drug-likeness (QED) is 0.118. The molecule has 1 aliphatic rings. The van der Waals surface area contributed by atoms with E-state index < -0.39 is 51.6 Å². The Labute approximate surface area is 199 Å². The predicted octanol–water partition coefficient (Wildman–Crippen LogP) is 1.37. The highest BCUT2D eigenvalue weighted by atomic mass is 32.2. The van der Waals surface area contributed by atoms with Crippen LogP contribution in [0.4, 0.5) is 19.0 Å². The first-order valence-electron chi connectivity index (χ1n) is 9.78. The molecule has 0 amide bonds. The number of aromatic nitrogens is 4. The SMILES string of the molecule is CSCCNc1nc(SCCC(F)(F)F)nc2c1ncn2[C@@H]1O[C@H](COP(=O)(O)O)C(O)[C@@H]1O. The summed E-state index contributed by atoms with van der Waals surface area (Å²) in [5.74, 6) is 0.693. The number of nitrogens with one attached hydrogen (secondary N) is 1. The van der Waals surface area contributed by atoms with Gasteiger partial charge in [-0.1, -0.05) is 11.8 Å². The molecule has 0 spiro atoms. The minimum absolute atomic E-state index is 0.0413. The molecule has 0 aliphatic carbocycles. The van der Waals surface area contributed by atoms with Crippen molar-refractivity contribution in [3.8, 4) is 0 Å². The molecule has 0 radical (unpaired) electrons. The zero-order valence-corrected chi connectivity index (χ0v) is 20.1. The number of alkyl halides is 3. The first-order valence-corrected chi connectivity index (χ1v) is 13.7. The van der Waals surface area contributed by atoms with E-state index in [1.165, 1.54) is 10.9 Å². The summed E-state index contributed by atoms with van der Waals surface area (Å²) in [6, 6.07) is 0. The molecule has 0 saturated carbocycles. The summed E-state index contributed by atoms with van der Waals surface area (Å²) in [5.41, 5.74) is 0.394. The van der Waals surface area contributed by atoms with Gasteiger partial charge in [0.25, 0.3) is 0 Å². The van der Waals surface area contributed by atoms with Gasteiger partial charge in [0.2, 0.25) is 0 Å². The van der Waals surface area contributed by atoms with Gasteiger partial charge in [-0.2, -0.15) is 24.9 Å². The second-order valence-corrected chi connectivity index (χ2v) is 10.4. The summed E-state index contributed by atoms with van der Waals surface area (Å²) in [7, 11) is -4.84. The maximum atomic E-state index is 12.6. The van der Waals surface area contributed by atoms with E-state index in [0.717, 1.165) is 17.5 Å². The molecule has 0 bridgehead atoms. The Bertz CT molecular complexity index is 1030. The second-order valence-electron chi connectivity index (χ2n) is 7.14. The molecule has 12 nitrogen and oxygen atoms in total. The molecule has 1 saturated heterocycles. The number of aliphatic hydroxyl groups excluding tert-OH is 2. The summed E-state index contributed by atoms with van der Waals surface area (Å²) < 4.78 is 59.8. The van der Waals surface area contributed by atoms with Gasteiger partial charge < -0.3 is 30.1 Å². The van der Waals surface area contributed by atoms with Crippen LogP contribution in [0, 0.1) is 0 Å². The summed E-state index contributed by atoms with van der Waals surface area (Å²) in [6.45, 7) is -0.198. The summed E-state index contributed by atoms with van der Waals surface area (Å²) in [5, 5.41) is 23.8. The lowest BCUT2D eigenvalue weighted by molar-refractivity contribution is -0.129. The van der Waals surface area contributed by atoms with Crippen LogP contribution in [0.2, 0.25) is 0 Å². The fraction of sp³-hybridized carbons (Fsp3) is 0.688. The lowest BCUT2D eigenvalue weighted by Crippen LogP contribution is -2.33. The zero-order chi connectivity index (χ0) is 25.1. The molecule has 1 aliphatic heterocycles. The monoisotopic (exact) mass is 549 g/mol. The van der Waals surface area contributed by atoms with Gasteiger partial charge in [-0.05, 0) is 6.26 Å². The smallest absolute Gasteiger partial charge is 0.387 e. The maximum Gasteiger partial charge on any atom is 0.469 e. The van der Waals surface area contributed by atoms with Crippen molar-refractivity contribution in [1.29, 1.82) is 0 Å². The van der Waals surface area contributed by atoms with Gasteiger partial charge in [-0.15, -0.1) is 0 Å². The molecule has 192 valence electrons. The second kappa shape index (κ2) is 11.3. The third kappa shape index (κ3) is 7.18. The molecule has 2 aromatic rings. The Morgan fingerprint density at radius 1 is 1.26 bits per heavy atom. The molecule has 2 aromatic heterocycles. The predicted molar refractivity (Wildman–Crippen MR) is 118 cm³/mol. The molecular weight excluding hydrogens is 526 g/mol. The van der Waals surface area contributed by atoms with E-state index in [1.807, 2.05) is 6.26 Å². The summed E-state index contributed by atoms with van der Waals surface area (Å²) in [4.78, 5) is 30.5. The number of thioether (sulfide) groups is 2. The van der Waals surface area contributed by atoms with Crippen molar-refractivity contribution >= 4 is 48.3 Å². The number of fused-ring (bicyclic) bond motifs is 1. The number of imidazole rings is 1. The van der Waals surface area contributed by atoms with Crippen LogP contribution < -0.4 is 5.32 Å². The maximum absolute atomic E-state index is 12.6. The summed E-state index contributed by atoms with van der Waals surface area (Å²) >= 11 is 2.36. The number of ether oxygens (including phenoxy) is 1. The number of hydrogen-bond acceptors (Lipinski definition) is 11. The molecule has 3 heterocycles. The number of rotatable bonds is 11. The van der Waals surface area contributed by atoms with Crippen LogP contribution in [0.1, 0.15) is 12.6 Å². The first kappa shape index (κ1) is 27.4. The van der Waals surface area contributed by atoms with Crippen LogP contribution in [-0.2, 0) is 13.8 Å². The van der Waals surface area contributed by atoms with Gasteiger partial charge >= 0.3 is 14.0 Å². The lowest BCUT2D eigenvalue weighted by Gasteiger charge is -2.17. The standard InChI is InChI=1S/C16H23F3N5O7PS2/c1-33-5-3-20-12-9-13(23-15(22-12)34-4-2-16(17,18)19)24(7-21-9)14-11(26)10(25)8(31-14)6-30-32(27,28)29/h7-8,10-11,14,25-26H,2-6H2,1H3,(H,20,22,23)(H2,27,28,29)/t8-,10?,11+,14-/m1/s1. The van der Waals surface area contributed by atoms with E-state index in [2.05, 4.69) is 24.8 Å². The fourth-order valence-electron chi connectivity index (χ4n) is 3.07. The minimum atomic E-state index is -4.84. The highest BCUT2D eigenvalue weighted by Crippen LogP contribution is 2.39. The summed E-state index contributed by atoms with van der Waals surface area (Å²) in [6.07, 6.45) is -7.81. The van der Waals surface area contributed by atoms with Gasteiger partial charge in [0.1, 0.15) is 18.3 Å². The number of aliphatic hydroxyl groups is 2. The number of halogens is 3. The molecule has 1 unspecified atom stereocenters. The largest absolute Gasteiger partial charge is 0.469 e. The Morgan fingerprint density at radius 3 is 2.65 bits per heavy atom. The van der Waals surface area contributed by atoms with Crippen molar-refractivity contribution in [2.75, 3.05) is 36.2 Å². The molecule has 18 heteroatoms. The van der Waals surface area contributed by atoms with Crippen molar-refractivity contribution in [3.05, 3.63) is 6.33 Å². The molecule has 3 rings (SSSR count).